The second kappa shape index (κ2) is 6.80. The van der Waals surface area contributed by atoms with Gasteiger partial charge >= 0.3 is 0 Å². The molecule has 0 radical (unpaired) electrons. The Labute approximate surface area is 157 Å². The van der Waals surface area contributed by atoms with Crippen molar-refractivity contribution in [3.05, 3.63) is 29.8 Å². The summed E-state index contributed by atoms with van der Waals surface area (Å²) in [5.41, 5.74) is 0.661. The third kappa shape index (κ3) is 4.25. The van der Waals surface area contributed by atoms with E-state index < -0.39 is 7.71 Å². The molecule has 0 aromatic heterocycles. The van der Waals surface area contributed by atoms with Gasteiger partial charge < -0.3 is 4.74 Å². The number of amidine groups is 2. The maximum absolute atomic E-state index is 5.96. The van der Waals surface area contributed by atoms with E-state index in [1.54, 1.807) is 31.4 Å². The molecular formula is C12H9Cl6N3O. The van der Waals surface area contributed by atoms with Gasteiger partial charge in [-0.15, -0.1) is 0 Å². The van der Waals surface area contributed by atoms with Gasteiger partial charge in [0.15, 0.2) is 5.84 Å². The molecule has 1 aromatic rings. The topological polar surface area (TPSA) is 37.2 Å². The van der Waals surface area contributed by atoms with E-state index in [2.05, 4.69) is 9.98 Å². The standard InChI is InChI=1S/C12H9Cl6N3O/c1-22-8-4-2-7(3-5-8)9-20-10(11(13,14)15)19-6-21(9)12(16,17)18/h2-5H,6H2,1H3. The summed E-state index contributed by atoms with van der Waals surface area (Å²) in [5, 5.41) is 0. The Kier molecular flexibility index (Phi) is 5.63. The van der Waals surface area contributed by atoms with Crippen molar-refractivity contribution >= 4 is 81.3 Å². The van der Waals surface area contributed by atoms with Gasteiger partial charge in [-0.3, -0.25) is 4.90 Å². The van der Waals surface area contributed by atoms with E-state index in [0.717, 1.165) is 0 Å². The van der Waals surface area contributed by atoms with Gasteiger partial charge in [-0.2, -0.15) is 0 Å². The molecule has 0 atom stereocenters. The lowest BCUT2D eigenvalue weighted by Gasteiger charge is -2.34. The first kappa shape index (κ1) is 18.2. The van der Waals surface area contributed by atoms with Crippen LogP contribution < -0.4 is 4.74 Å². The van der Waals surface area contributed by atoms with Gasteiger partial charge in [-0.05, 0) is 24.3 Å². The van der Waals surface area contributed by atoms with Crippen molar-refractivity contribution in [3.8, 4) is 5.75 Å². The average Bonchev–Trinajstić information content (AvgIpc) is 2.45. The normalized spacial score (nSPS) is 16.2. The summed E-state index contributed by atoms with van der Waals surface area (Å²) in [7, 11) is 1.56. The molecule has 0 spiro atoms. The zero-order valence-electron chi connectivity index (χ0n) is 11.0. The summed E-state index contributed by atoms with van der Waals surface area (Å²) >= 11 is 35.4. The third-order valence-corrected chi connectivity index (χ3v) is 3.86. The van der Waals surface area contributed by atoms with Crippen LogP contribution >= 0.6 is 69.6 Å². The van der Waals surface area contributed by atoms with E-state index in [1.807, 2.05) is 0 Å². The number of halogens is 6. The number of rotatable bonds is 2. The van der Waals surface area contributed by atoms with E-state index in [1.165, 1.54) is 4.90 Å². The summed E-state index contributed by atoms with van der Waals surface area (Å²) < 4.78 is 1.59. The zero-order valence-corrected chi connectivity index (χ0v) is 15.6. The van der Waals surface area contributed by atoms with Crippen LogP contribution in [-0.4, -0.2) is 38.1 Å². The Hall–Kier alpha value is -0.100. The molecule has 0 bridgehead atoms. The second-order valence-electron chi connectivity index (χ2n) is 4.18. The summed E-state index contributed by atoms with van der Waals surface area (Å²) in [4.78, 5) is 9.63. The molecule has 0 saturated carbocycles. The molecule has 1 aromatic carbocycles. The largest absolute Gasteiger partial charge is 0.497 e. The van der Waals surface area contributed by atoms with E-state index in [4.69, 9.17) is 74.3 Å². The Bertz CT molecular complexity index is 603. The second-order valence-corrected chi connectivity index (χ2v) is 8.68. The number of benzene rings is 1. The van der Waals surface area contributed by atoms with Gasteiger partial charge in [0.1, 0.15) is 18.3 Å². The quantitative estimate of drug-likeness (QED) is 0.505. The van der Waals surface area contributed by atoms with Crippen LogP contribution in [0.1, 0.15) is 5.56 Å². The summed E-state index contributed by atoms with van der Waals surface area (Å²) in [6.45, 7) is -0.00932. The zero-order chi connectivity index (χ0) is 16.5. The molecule has 22 heavy (non-hydrogen) atoms. The predicted octanol–water partition coefficient (Wildman–Crippen LogP) is 4.81. The number of methoxy groups -OCH3 is 1. The number of hydrogen-bond acceptors (Lipinski definition) is 4. The van der Waals surface area contributed by atoms with Crippen molar-refractivity contribution in [2.45, 2.75) is 7.71 Å². The van der Waals surface area contributed by atoms with Crippen molar-refractivity contribution in [1.82, 2.24) is 4.90 Å². The minimum Gasteiger partial charge on any atom is -0.497 e. The molecule has 0 unspecified atom stereocenters. The molecule has 1 heterocycles. The predicted molar refractivity (Wildman–Crippen MR) is 94.3 cm³/mol. The van der Waals surface area contributed by atoms with Crippen LogP contribution in [0, 0.1) is 0 Å². The SMILES string of the molecule is COc1ccc(C2=NC(C(Cl)(Cl)Cl)=NCN2C(Cl)(Cl)Cl)cc1. The molecule has 1 aliphatic rings. The Morgan fingerprint density at radius 1 is 1.05 bits per heavy atom. The first-order chi connectivity index (χ1) is 10.1. The minimum atomic E-state index is -1.77. The van der Waals surface area contributed by atoms with E-state index in [-0.39, 0.29) is 12.5 Å². The lowest BCUT2D eigenvalue weighted by molar-refractivity contribution is 0.414. The number of ether oxygens (including phenoxy) is 1. The molecule has 4 nitrogen and oxygen atoms in total. The monoisotopic (exact) mass is 421 g/mol. The highest BCUT2D eigenvalue weighted by Crippen LogP contribution is 2.36. The van der Waals surface area contributed by atoms with Crippen LogP contribution in [-0.2, 0) is 0 Å². The van der Waals surface area contributed by atoms with Crippen LogP contribution in [0.25, 0.3) is 0 Å². The maximum Gasteiger partial charge on any atom is 0.270 e. The van der Waals surface area contributed by atoms with Crippen LogP contribution in [0.3, 0.4) is 0 Å². The van der Waals surface area contributed by atoms with E-state index in [9.17, 15) is 0 Å². The molecule has 0 amide bonds. The van der Waals surface area contributed by atoms with Gasteiger partial charge in [0, 0.05) is 5.56 Å². The van der Waals surface area contributed by atoms with Crippen molar-refractivity contribution in [3.63, 3.8) is 0 Å². The first-order valence-electron chi connectivity index (χ1n) is 5.82. The van der Waals surface area contributed by atoms with Crippen molar-refractivity contribution in [2.75, 3.05) is 13.8 Å². The lowest BCUT2D eigenvalue weighted by atomic mass is 10.2. The summed E-state index contributed by atoms with van der Waals surface area (Å²) in [6.07, 6.45) is 0. The fraction of sp³-hybridized carbons (Fsp3) is 0.333. The van der Waals surface area contributed by atoms with E-state index >= 15 is 0 Å². The number of aliphatic imine (C=N–C) groups is 2. The van der Waals surface area contributed by atoms with Gasteiger partial charge in [0.2, 0.25) is 3.79 Å². The number of hydrogen-bond donors (Lipinski definition) is 0. The highest BCUT2D eigenvalue weighted by Gasteiger charge is 2.38. The molecule has 0 N–H and O–H groups in total. The Morgan fingerprint density at radius 3 is 2.09 bits per heavy atom. The summed E-state index contributed by atoms with van der Waals surface area (Å²) in [5.74, 6) is 1.03. The molecule has 10 heteroatoms. The molecule has 2 rings (SSSR count). The average molecular weight is 424 g/mol. The molecule has 0 fully saturated rings. The molecule has 120 valence electrons. The minimum absolute atomic E-state index is 0.00932. The van der Waals surface area contributed by atoms with Crippen molar-refractivity contribution in [1.29, 1.82) is 0 Å². The van der Waals surface area contributed by atoms with Crippen LogP contribution in [0.2, 0.25) is 0 Å². The number of nitrogens with zero attached hydrogens (tertiary/aromatic N) is 3. The van der Waals surface area contributed by atoms with Crippen molar-refractivity contribution < 1.29 is 4.74 Å². The highest BCUT2D eigenvalue weighted by atomic mass is 35.6. The first-order valence-corrected chi connectivity index (χ1v) is 8.09. The molecule has 0 saturated heterocycles. The van der Waals surface area contributed by atoms with E-state index in [0.29, 0.717) is 17.1 Å². The highest BCUT2D eigenvalue weighted by molar-refractivity contribution is 6.77. The molecular weight excluding hydrogens is 415 g/mol. The third-order valence-electron chi connectivity index (χ3n) is 2.74. The lowest BCUT2D eigenvalue weighted by Crippen LogP contribution is -2.45. The van der Waals surface area contributed by atoms with Crippen molar-refractivity contribution in [2.24, 2.45) is 9.98 Å². The van der Waals surface area contributed by atoms with Crippen LogP contribution in [0.15, 0.2) is 34.3 Å². The van der Waals surface area contributed by atoms with Gasteiger partial charge in [0.25, 0.3) is 3.92 Å². The Balaban J connectivity index is 2.47. The van der Waals surface area contributed by atoms with Gasteiger partial charge in [-0.25, -0.2) is 9.98 Å². The fourth-order valence-electron chi connectivity index (χ4n) is 1.71. The van der Waals surface area contributed by atoms with Gasteiger partial charge in [0.05, 0.1) is 7.11 Å². The smallest absolute Gasteiger partial charge is 0.270 e. The maximum atomic E-state index is 5.96. The Morgan fingerprint density at radius 2 is 1.64 bits per heavy atom. The van der Waals surface area contributed by atoms with Crippen LogP contribution in [0.5, 0.6) is 5.75 Å². The molecule has 0 aliphatic carbocycles. The van der Waals surface area contributed by atoms with Crippen LogP contribution in [0.4, 0.5) is 0 Å². The number of alkyl halides is 6. The van der Waals surface area contributed by atoms with Gasteiger partial charge in [-0.1, -0.05) is 69.6 Å². The molecule has 1 aliphatic heterocycles. The summed E-state index contributed by atoms with van der Waals surface area (Å²) in [6, 6.07) is 7.00. The fourth-order valence-corrected chi connectivity index (χ4v) is 2.42.